The van der Waals surface area contributed by atoms with Gasteiger partial charge in [-0.3, -0.25) is 4.79 Å². The number of likely N-dealkylation sites (N-methyl/N-ethyl adjacent to an activating group) is 1. The molecule has 1 aromatic rings. The van der Waals surface area contributed by atoms with Gasteiger partial charge >= 0.3 is 5.97 Å². The van der Waals surface area contributed by atoms with Gasteiger partial charge in [-0.2, -0.15) is 0 Å². The Morgan fingerprint density at radius 2 is 1.93 bits per heavy atom. The molecule has 0 amide bonds. The SMILES string of the molecule is CCN(CC(=O)O)c1ccc(O)cc1. The van der Waals surface area contributed by atoms with Crippen molar-refractivity contribution in [1.82, 2.24) is 0 Å². The molecule has 0 saturated carbocycles. The van der Waals surface area contributed by atoms with E-state index >= 15 is 0 Å². The number of carboxylic acid groups (broad SMARTS) is 1. The quantitative estimate of drug-likeness (QED) is 0.760. The number of aromatic hydroxyl groups is 1. The Hall–Kier alpha value is -1.71. The van der Waals surface area contributed by atoms with Crippen molar-refractivity contribution in [3.63, 3.8) is 0 Å². The van der Waals surface area contributed by atoms with E-state index < -0.39 is 5.97 Å². The predicted molar refractivity (Wildman–Crippen MR) is 53.6 cm³/mol. The van der Waals surface area contributed by atoms with Gasteiger partial charge in [0, 0.05) is 12.2 Å². The van der Waals surface area contributed by atoms with Crippen LogP contribution in [0, 0.1) is 0 Å². The first-order chi connectivity index (χ1) is 6.63. The number of nitrogens with zero attached hydrogens (tertiary/aromatic N) is 1. The van der Waals surface area contributed by atoms with Crippen molar-refractivity contribution in [1.29, 1.82) is 0 Å². The number of carboxylic acids is 1. The van der Waals surface area contributed by atoms with Gasteiger partial charge in [0.15, 0.2) is 0 Å². The molecule has 0 atom stereocenters. The van der Waals surface area contributed by atoms with Crippen LogP contribution in [0.25, 0.3) is 0 Å². The molecule has 0 aliphatic rings. The molecule has 14 heavy (non-hydrogen) atoms. The zero-order chi connectivity index (χ0) is 10.6. The molecule has 0 spiro atoms. The molecule has 0 saturated heterocycles. The third-order valence-corrected chi connectivity index (χ3v) is 1.92. The summed E-state index contributed by atoms with van der Waals surface area (Å²) in [6.45, 7) is 2.48. The van der Waals surface area contributed by atoms with Gasteiger partial charge in [-0.15, -0.1) is 0 Å². The first-order valence-electron chi connectivity index (χ1n) is 4.39. The number of phenols is 1. The molecule has 0 aromatic heterocycles. The van der Waals surface area contributed by atoms with E-state index in [9.17, 15) is 4.79 Å². The van der Waals surface area contributed by atoms with Crippen LogP contribution in [0.3, 0.4) is 0 Å². The van der Waals surface area contributed by atoms with Crippen LogP contribution in [0.4, 0.5) is 5.69 Å². The molecule has 4 heteroatoms. The highest BCUT2D eigenvalue weighted by Crippen LogP contribution is 2.17. The zero-order valence-electron chi connectivity index (χ0n) is 7.97. The molecule has 1 aromatic carbocycles. The molecule has 0 aliphatic carbocycles. The van der Waals surface area contributed by atoms with Gasteiger partial charge in [-0.1, -0.05) is 0 Å². The van der Waals surface area contributed by atoms with Crippen LogP contribution in [0.5, 0.6) is 5.75 Å². The van der Waals surface area contributed by atoms with Crippen LogP contribution in [0.1, 0.15) is 6.92 Å². The maximum Gasteiger partial charge on any atom is 0.323 e. The summed E-state index contributed by atoms with van der Waals surface area (Å²) in [4.78, 5) is 12.2. The number of benzene rings is 1. The Balaban J connectivity index is 2.78. The topological polar surface area (TPSA) is 60.8 Å². The van der Waals surface area contributed by atoms with Gasteiger partial charge in [0.05, 0.1) is 0 Å². The first kappa shape index (κ1) is 10.4. The summed E-state index contributed by atoms with van der Waals surface area (Å²) < 4.78 is 0. The average molecular weight is 195 g/mol. The van der Waals surface area contributed by atoms with Crippen molar-refractivity contribution in [3.8, 4) is 5.75 Å². The smallest absolute Gasteiger partial charge is 0.323 e. The fourth-order valence-corrected chi connectivity index (χ4v) is 1.21. The van der Waals surface area contributed by atoms with E-state index in [1.54, 1.807) is 29.2 Å². The molecule has 76 valence electrons. The average Bonchev–Trinajstić information content (AvgIpc) is 2.15. The summed E-state index contributed by atoms with van der Waals surface area (Å²) >= 11 is 0. The molecule has 4 nitrogen and oxygen atoms in total. The lowest BCUT2D eigenvalue weighted by Gasteiger charge is -2.20. The zero-order valence-corrected chi connectivity index (χ0v) is 7.97. The summed E-state index contributed by atoms with van der Waals surface area (Å²) in [7, 11) is 0. The summed E-state index contributed by atoms with van der Waals surface area (Å²) in [6, 6.07) is 6.48. The predicted octanol–water partition coefficient (Wildman–Crippen LogP) is 1.30. The fourth-order valence-electron chi connectivity index (χ4n) is 1.21. The van der Waals surface area contributed by atoms with Crippen LogP contribution >= 0.6 is 0 Å². The molecule has 0 radical (unpaired) electrons. The highest BCUT2D eigenvalue weighted by atomic mass is 16.4. The maximum atomic E-state index is 10.5. The van der Waals surface area contributed by atoms with E-state index in [-0.39, 0.29) is 12.3 Å². The highest BCUT2D eigenvalue weighted by molar-refractivity contribution is 5.73. The van der Waals surface area contributed by atoms with Gasteiger partial charge in [0.1, 0.15) is 12.3 Å². The second-order valence-electron chi connectivity index (χ2n) is 2.92. The monoisotopic (exact) mass is 195 g/mol. The second-order valence-corrected chi connectivity index (χ2v) is 2.92. The van der Waals surface area contributed by atoms with E-state index in [1.807, 2.05) is 6.92 Å². The minimum Gasteiger partial charge on any atom is -0.508 e. The third-order valence-electron chi connectivity index (χ3n) is 1.92. The number of hydrogen-bond donors (Lipinski definition) is 2. The lowest BCUT2D eigenvalue weighted by Crippen LogP contribution is -2.29. The van der Waals surface area contributed by atoms with Gasteiger partial charge in [0.2, 0.25) is 0 Å². The standard InChI is InChI=1S/C10H13NO3/c1-2-11(7-10(13)14)8-3-5-9(12)6-4-8/h3-6,12H,2,7H2,1H3,(H,13,14). The summed E-state index contributed by atoms with van der Waals surface area (Å²) in [6.07, 6.45) is 0. The lowest BCUT2D eigenvalue weighted by atomic mass is 10.2. The number of phenolic OH excluding ortho intramolecular Hbond substituents is 1. The molecule has 1 rings (SSSR count). The number of hydrogen-bond acceptors (Lipinski definition) is 3. The van der Waals surface area contributed by atoms with Gasteiger partial charge in [-0.05, 0) is 31.2 Å². The van der Waals surface area contributed by atoms with E-state index in [1.165, 1.54) is 0 Å². The van der Waals surface area contributed by atoms with Crippen LogP contribution in [0.15, 0.2) is 24.3 Å². The van der Waals surface area contributed by atoms with Crippen LogP contribution in [-0.4, -0.2) is 29.3 Å². The molecular weight excluding hydrogens is 182 g/mol. The largest absolute Gasteiger partial charge is 0.508 e. The van der Waals surface area contributed by atoms with Gasteiger partial charge in [0.25, 0.3) is 0 Å². The Labute approximate surface area is 82.4 Å². The molecule has 0 aliphatic heterocycles. The van der Waals surface area contributed by atoms with Crippen molar-refractivity contribution < 1.29 is 15.0 Å². The van der Waals surface area contributed by atoms with E-state index in [0.717, 1.165) is 5.69 Å². The summed E-state index contributed by atoms with van der Waals surface area (Å²) in [5.74, 6) is -0.681. The normalized spacial score (nSPS) is 9.79. The number of carbonyl (C=O) groups is 1. The lowest BCUT2D eigenvalue weighted by molar-refractivity contribution is -0.135. The van der Waals surface area contributed by atoms with Gasteiger partial charge < -0.3 is 15.1 Å². The Kier molecular flexibility index (Phi) is 3.34. The Bertz CT molecular complexity index is 308. The fraction of sp³-hybridized carbons (Fsp3) is 0.300. The first-order valence-corrected chi connectivity index (χ1v) is 4.39. The van der Waals surface area contributed by atoms with Crippen molar-refractivity contribution in [2.45, 2.75) is 6.92 Å². The molecule has 0 bridgehead atoms. The highest BCUT2D eigenvalue weighted by Gasteiger charge is 2.07. The van der Waals surface area contributed by atoms with Crippen LogP contribution in [0.2, 0.25) is 0 Å². The molecule has 0 unspecified atom stereocenters. The third kappa shape index (κ3) is 2.65. The minimum absolute atomic E-state index is 0.0265. The van der Waals surface area contributed by atoms with E-state index in [0.29, 0.717) is 6.54 Å². The van der Waals surface area contributed by atoms with Crippen molar-refractivity contribution in [3.05, 3.63) is 24.3 Å². The summed E-state index contributed by atoms with van der Waals surface area (Å²) in [5, 5.41) is 17.7. The van der Waals surface area contributed by atoms with E-state index in [2.05, 4.69) is 0 Å². The van der Waals surface area contributed by atoms with Crippen molar-refractivity contribution in [2.24, 2.45) is 0 Å². The molecule has 2 N–H and O–H groups in total. The minimum atomic E-state index is -0.861. The van der Waals surface area contributed by atoms with Gasteiger partial charge in [-0.25, -0.2) is 0 Å². The number of aliphatic carboxylic acids is 1. The Morgan fingerprint density at radius 3 is 2.36 bits per heavy atom. The summed E-state index contributed by atoms with van der Waals surface area (Å²) in [5.41, 5.74) is 0.799. The molecular formula is C10H13NO3. The number of rotatable bonds is 4. The van der Waals surface area contributed by atoms with Crippen LogP contribution in [-0.2, 0) is 4.79 Å². The molecule has 0 heterocycles. The molecule has 0 fully saturated rings. The number of anilines is 1. The van der Waals surface area contributed by atoms with Crippen molar-refractivity contribution >= 4 is 11.7 Å². The Morgan fingerprint density at radius 1 is 1.36 bits per heavy atom. The van der Waals surface area contributed by atoms with Crippen molar-refractivity contribution in [2.75, 3.05) is 18.0 Å². The second kappa shape index (κ2) is 4.50. The van der Waals surface area contributed by atoms with E-state index in [4.69, 9.17) is 10.2 Å². The maximum absolute atomic E-state index is 10.5. The van der Waals surface area contributed by atoms with Crippen LogP contribution < -0.4 is 4.90 Å².